The van der Waals surface area contributed by atoms with E-state index in [-0.39, 0.29) is 12.5 Å². The Hall–Kier alpha value is -2.61. The topological polar surface area (TPSA) is 58.9 Å². The van der Waals surface area contributed by atoms with Gasteiger partial charge in [-0.05, 0) is 68.5 Å². The van der Waals surface area contributed by atoms with Gasteiger partial charge in [0.2, 0.25) is 0 Å². The maximum atomic E-state index is 11.8. The van der Waals surface area contributed by atoms with Gasteiger partial charge in [0.25, 0.3) is 5.91 Å². The first-order valence-corrected chi connectivity index (χ1v) is 12.1. The third kappa shape index (κ3) is 5.23. The smallest absolute Gasteiger partial charge is 0.262 e. The SMILES string of the molecule is CCN(CC)CCCn1c(-c2ccc3c(c2)NC(=O)CO3)csc1=Nc1ccc(Cl)cc1. The van der Waals surface area contributed by atoms with Crippen LogP contribution in [0.4, 0.5) is 11.4 Å². The molecule has 168 valence electrons. The fourth-order valence-electron chi connectivity index (χ4n) is 3.73. The van der Waals surface area contributed by atoms with Crippen molar-refractivity contribution in [2.75, 3.05) is 31.6 Å². The molecular formula is C24H27ClN4O2S. The number of anilines is 1. The molecule has 32 heavy (non-hydrogen) atoms. The number of hydrogen-bond donors (Lipinski definition) is 1. The van der Waals surface area contributed by atoms with E-state index in [1.54, 1.807) is 11.3 Å². The van der Waals surface area contributed by atoms with E-state index in [1.165, 1.54) is 0 Å². The highest BCUT2D eigenvalue weighted by molar-refractivity contribution is 7.07. The molecule has 3 aromatic rings. The number of nitrogens with zero attached hydrogens (tertiary/aromatic N) is 3. The van der Waals surface area contributed by atoms with E-state index in [2.05, 4.69) is 34.0 Å². The lowest BCUT2D eigenvalue weighted by Gasteiger charge is -2.20. The highest BCUT2D eigenvalue weighted by atomic mass is 35.5. The minimum atomic E-state index is -0.134. The van der Waals surface area contributed by atoms with Gasteiger partial charge in [0.15, 0.2) is 11.4 Å². The fraction of sp³-hybridized carbons (Fsp3) is 0.333. The largest absolute Gasteiger partial charge is 0.482 e. The third-order valence-corrected chi connectivity index (χ3v) is 6.62. The number of aromatic nitrogens is 1. The molecule has 0 saturated carbocycles. The number of halogens is 1. The number of carbonyl (C=O) groups excluding carboxylic acids is 1. The summed E-state index contributed by atoms with van der Waals surface area (Å²) in [5.74, 6) is 0.563. The zero-order valence-electron chi connectivity index (χ0n) is 18.3. The van der Waals surface area contributed by atoms with E-state index in [9.17, 15) is 4.79 Å². The molecule has 0 bridgehead atoms. The molecule has 0 aliphatic carbocycles. The van der Waals surface area contributed by atoms with Crippen LogP contribution >= 0.6 is 22.9 Å². The Bertz CT molecular complexity index is 1150. The first kappa shape index (κ1) is 22.6. The van der Waals surface area contributed by atoms with Crippen LogP contribution in [0.2, 0.25) is 5.02 Å². The number of carbonyl (C=O) groups is 1. The van der Waals surface area contributed by atoms with Crippen molar-refractivity contribution >= 4 is 40.2 Å². The first-order valence-electron chi connectivity index (χ1n) is 10.9. The number of ether oxygens (including phenoxy) is 1. The molecule has 1 aromatic heterocycles. The van der Waals surface area contributed by atoms with Gasteiger partial charge in [0.05, 0.1) is 17.1 Å². The van der Waals surface area contributed by atoms with Gasteiger partial charge in [0.1, 0.15) is 5.75 Å². The highest BCUT2D eigenvalue weighted by Gasteiger charge is 2.18. The molecule has 1 N–H and O–H groups in total. The number of thiazole rings is 1. The summed E-state index contributed by atoms with van der Waals surface area (Å²) in [7, 11) is 0. The quantitative estimate of drug-likeness (QED) is 0.494. The van der Waals surface area contributed by atoms with Crippen LogP contribution in [0, 0.1) is 0 Å². The van der Waals surface area contributed by atoms with Gasteiger partial charge in [-0.25, -0.2) is 4.99 Å². The van der Waals surface area contributed by atoms with E-state index in [0.29, 0.717) is 16.5 Å². The van der Waals surface area contributed by atoms with Gasteiger partial charge < -0.3 is 19.5 Å². The number of benzene rings is 2. The lowest BCUT2D eigenvalue weighted by Crippen LogP contribution is -2.26. The van der Waals surface area contributed by atoms with Crippen LogP contribution in [-0.2, 0) is 11.3 Å². The summed E-state index contributed by atoms with van der Waals surface area (Å²) in [6.45, 7) is 8.41. The Kier molecular flexibility index (Phi) is 7.29. The van der Waals surface area contributed by atoms with E-state index in [1.807, 2.05) is 42.5 Å². The van der Waals surface area contributed by atoms with Gasteiger partial charge in [-0.15, -0.1) is 11.3 Å². The molecule has 6 nitrogen and oxygen atoms in total. The zero-order chi connectivity index (χ0) is 22.5. The average Bonchev–Trinajstić information content (AvgIpc) is 3.20. The number of hydrogen-bond acceptors (Lipinski definition) is 5. The molecule has 4 rings (SSSR count). The standard InChI is InChI=1S/C24H27ClN4O2S/c1-3-28(4-2)12-5-13-29-21(16-32-24(29)26-19-9-7-18(25)8-10-19)17-6-11-22-20(14-17)27-23(30)15-31-22/h6-11,14,16H,3-5,12-13,15H2,1-2H3,(H,27,30). The lowest BCUT2D eigenvalue weighted by atomic mass is 10.1. The fourth-order valence-corrected chi connectivity index (χ4v) is 4.81. The molecule has 1 aliphatic rings. The van der Waals surface area contributed by atoms with E-state index < -0.39 is 0 Å². The van der Waals surface area contributed by atoms with Crippen molar-refractivity contribution in [3.63, 3.8) is 0 Å². The molecule has 0 radical (unpaired) electrons. The minimum Gasteiger partial charge on any atom is -0.482 e. The molecule has 0 saturated heterocycles. The van der Waals surface area contributed by atoms with Crippen LogP contribution in [0.1, 0.15) is 20.3 Å². The van der Waals surface area contributed by atoms with Crippen LogP contribution in [-0.4, -0.2) is 41.6 Å². The van der Waals surface area contributed by atoms with Crippen LogP contribution in [0.25, 0.3) is 11.3 Å². The van der Waals surface area contributed by atoms with Crippen molar-refractivity contribution < 1.29 is 9.53 Å². The summed E-state index contributed by atoms with van der Waals surface area (Å²) < 4.78 is 7.78. The summed E-state index contributed by atoms with van der Waals surface area (Å²) in [6, 6.07) is 13.5. The number of amides is 1. The Morgan fingerprint density at radius 3 is 2.72 bits per heavy atom. The molecule has 1 aliphatic heterocycles. The van der Waals surface area contributed by atoms with Crippen LogP contribution in [0.3, 0.4) is 0 Å². The number of nitrogens with one attached hydrogen (secondary N) is 1. The molecule has 0 fully saturated rings. The molecule has 0 spiro atoms. The molecular weight excluding hydrogens is 444 g/mol. The average molecular weight is 471 g/mol. The Labute approximate surface area is 197 Å². The van der Waals surface area contributed by atoms with Gasteiger partial charge in [0, 0.05) is 22.5 Å². The maximum absolute atomic E-state index is 11.8. The minimum absolute atomic E-state index is 0.0558. The van der Waals surface area contributed by atoms with Crippen molar-refractivity contribution in [2.45, 2.75) is 26.8 Å². The van der Waals surface area contributed by atoms with E-state index >= 15 is 0 Å². The Morgan fingerprint density at radius 2 is 1.97 bits per heavy atom. The second-order valence-corrected chi connectivity index (χ2v) is 8.84. The number of rotatable bonds is 8. The number of fused-ring (bicyclic) bond motifs is 1. The summed E-state index contributed by atoms with van der Waals surface area (Å²) in [5, 5.41) is 5.72. The van der Waals surface area contributed by atoms with Crippen molar-refractivity contribution in [3.05, 3.63) is 57.7 Å². The van der Waals surface area contributed by atoms with Gasteiger partial charge >= 0.3 is 0 Å². The van der Waals surface area contributed by atoms with Crippen LogP contribution in [0.5, 0.6) is 5.75 Å². The maximum Gasteiger partial charge on any atom is 0.262 e. The third-order valence-electron chi connectivity index (χ3n) is 5.51. The molecule has 1 amide bonds. The second-order valence-electron chi connectivity index (χ2n) is 7.57. The van der Waals surface area contributed by atoms with Crippen LogP contribution in [0.15, 0.2) is 52.8 Å². The Balaban J connectivity index is 1.70. The van der Waals surface area contributed by atoms with Crippen molar-refractivity contribution in [2.24, 2.45) is 4.99 Å². The monoisotopic (exact) mass is 470 g/mol. The van der Waals surface area contributed by atoms with Crippen molar-refractivity contribution in [3.8, 4) is 17.0 Å². The highest BCUT2D eigenvalue weighted by Crippen LogP contribution is 2.33. The molecule has 2 aromatic carbocycles. The van der Waals surface area contributed by atoms with Gasteiger partial charge in [-0.2, -0.15) is 0 Å². The molecule has 0 unspecified atom stereocenters. The van der Waals surface area contributed by atoms with Crippen molar-refractivity contribution in [1.29, 1.82) is 0 Å². The van der Waals surface area contributed by atoms with Gasteiger partial charge in [-0.3, -0.25) is 4.79 Å². The predicted octanol–water partition coefficient (Wildman–Crippen LogP) is 5.17. The summed E-state index contributed by atoms with van der Waals surface area (Å²) >= 11 is 7.64. The predicted molar refractivity (Wildman–Crippen MR) is 131 cm³/mol. The molecule has 0 atom stereocenters. The van der Waals surface area contributed by atoms with Crippen LogP contribution < -0.4 is 14.9 Å². The lowest BCUT2D eigenvalue weighted by molar-refractivity contribution is -0.118. The molecule has 8 heteroatoms. The van der Waals surface area contributed by atoms with E-state index in [4.69, 9.17) is 21.3 Å². The summed E-state index contributed by atoms with van der Waals surface area (Å²) in [4.78, 5) is 20.0. The zero-order valence-corrected chi connectivity index (χ0v) is 19.9. The first-order chi connectivity index (χ1) is 15.6. The second kappa shape index (κ2) is 10.3. The summed E-state index contributed by atoms with van der Waals surface area (Å²) in [5.41, 5.74) is 3.67. The van der Waals surface area contributed by atoms with E-state index in [0.717, 1.165) is 54.3 Å². The normalized spacial score (nSPS) is 13.8. The summed E-state index contributed by atoms with van der Waals surface area (Å²) in [6.07, 6.45) is 1.02. The molecule has 2 heterocycles. The Morgan fingerprint density at radius 1 is 1.19 bits per heavy atom. The van der Waals surface area contributed by atoms with Crippen molar-refractivity contribution in [1.82, 2.24) is 9.47 Å². The van der Waals surface area contributed by atoms with Gasteiger partial charge in [-0.1, -0.05) is 25.4 Å².